The fourth-order valence-electron chi connectivity index (χ4n) is 1.72. The molecule has 106 valence electrons. The molecule has 0 spiro atoms. The predicted octanol–water partition coefficient (Wildman–Crippen LogP) is 2.97. The van der Waals surface area contributed by atoms with Crippen molar-refractivity contribution in [2.24, 2.45) is 0 Å². The summed E-state index contributed by atoms with van der Waals surface area (Å²) in [6.07, 6.45) is 0. The summed E-state index contributed by atoms with van der Waals surface area (Å²) in [5.41, 5.74) is 1.93. The molecule has 1 aromatic rings. The highest BCUT2D eigenvalue weighted by Gasteiger charge is 2.16. The van der Waals surface area contributed by atoms with Gasteiger partial charge in [-0.1, -0.05) is 32.9 Å². The number of carbonyl (C=O) groups is 1. The highest BCUT2D eigenvalue weighted by Crippen LogP contribution is 2.22. The lowest BCUT2D eigenvalue weighted by Gasteiger charge is -2.19. The molecule has 1 aromatic carbocycles. The molecule has 1 unspecified atom stereocenters. The van der Waals surface area contributed by atoms with Crippen LogP contribution in [0.25, 0.3) is 0 Å². The Labute approximate surface area is 120 Å². The van der Waals surface area contributed by atoms with Crippen LogP contribution in [0.5, 0.6) is 0 Å². The summed E-state index contributed by atoms with van der Waals surface area (Å²) in [7, 11) is 1.59. The molecule has 0 bridgehead atoms. The summed E-state index contributed by atoms with van der Waals surface area (Å²) in [5, 5.41) is 2.85. The van der Waals surface area contributed by atoms with Gasteiger partial charge in [-0.2, -0.15) is 0 Å². The van der Waals surface area contributed by atoms with Crippen molar-refractivity contribution in [3.63, 3.8) is 0 Å². The molecule has 0 aliphatic rings. The van der Waals surface area contributed by atoms with Crippen LogP contribution in [0.4, 0.5) is 0 Å². The number of rotatable bonds is 5. The van der Waals surface area contributed by atoms with Crippen molar-refractivity contribution >= 4 is 17.5 Å². The maximum absolute atomic E-state index is 12.0. The second-order valence-electron chi connectivity index (χ2n) is 5.61. The Balaban J connectivity index is 2.73. The lowest BCUT2D eigenvalue weighted by molar-refractivity contribution is 0.0907. The first-order chi connectivity index (χ1) is 8.88. The molecule has 0 fully saturated rings. The SMILES string of the molecule is COCC(CCl)NC(=O)c1ccc(C(C)(C)C)cc1. The molecule has 1 N–H and O–H groups in total. The maximum Gasteiger partial charge on any atom is 0.251 e. The van der Waals surface area contributed by atoms with Gasteiger partial charge in [-0.3, -0.25) is 4.79 Å². The Hall–Kier alpha value is -1.06. The third-order valence-electron chi connectivity index (χ3n) is 2.90. The molecule has 0 aliphatic heterocycles. The molecule has 0 heterocycles. The fraction of sp³-hybridized carbons (Fsp3) is 0.533. The molecule has 1 atom stereocenters. The number of halogens is 1. The van der Waals surface area contributed by atoms with E-state index in [-0.39, 0.29) is 17.4 Å². The average molecular weight is 284 g/mol. The lowest BCUT2D eigenvalue weighted by Crippen LogP contribution is -2.39. The number of amides is 1. The smallest absolute Gasteiger partial charge is 0.251 e. The second-order valence-corrected chi connectivity index (χ2v) is 5.92. The minimum atomic E-state index is -0.165. The van der Waals surface area contributed by atoms with Gasteiger partial charge in [0.15, 0.2) is 0 Å². The van der Waals surface area contributed by atoms with Crippen LogP contribution in [-0.2, 0) is 10.2 Å². The number of ether oxygens (including phenoxy) is 1. The molecule has 0 saturated carbocycles. The van der Waals surface area contributed by atoms with E-state index >= 15 is 0 Å². The highest BCUT2D eigenvalue weighted by molar-refractivity contribution is 6.18. The maximum atomic E-state index is 12.0. The number of nitrogens with one attached hydrogen (secondary N) is 1. The van der Waals surface area contributed by atoms with Crippen molar-refractivity contribution in [3.8, 4) is 0 Å². The van der Waals surface area contributed by atoms with E-state index in [2.05, 4.69) is 26.1 Å². The quantitative estimate of drug-likeness (QED) is 0.844. The zero-order valence-corrected chi connectivity index (χ0v) is 12.8. The third-order valence-corrected chi connectivity index (χ3v) is 3.27. The fourth-order valence-corrected chi connectivity index (χ4v) is 1.88. The number of carbonyl (C=O) groups excluding carboxylic acids is 1. The van der Waals surface area contributed by atoms with Gasteiger partial charge in [0.1, 0.15) is 0 Å². The number of methoxy groups -OCH3 is 1. The standard InChI is InChI=1S/C15H22ClNO2/c1-15(2,3)12-7-5-11(6-8-12)14(18)17-13(9-16)10-19-4/h5-8,13H,9-10H2,1-4H3,(H,17,18). The van der Waals surface area contributed by atoms with Crippen LogP contribution < -0.4 is 5.32 Å². The van der Waals surface area contributed by atoms with E-state index in [0.717, 1.165) is 0 Å². The van der Waals surface area contributed by atoms with Crippen molar-refractivity contribution < 1.29 is 9.53 Å². The first kappa shape index (κ1) is 16.0. The van der Waals surface area contributed by atoms with Gasteiger partial charge < -0.3 is 10.1 Å². The topological polar surface area (TPSA) is 38.3 Å². The van der Waals surface area contributed by atoms with Crippen molar-refractivity contribution in [1.29, 1.82) is 0 Å². The summed E-state index contributed by atoms with van der Waals surface area (Å²) in [5.74, 6) is 0.211. The molecule has 1 rings (SSSR count). The first-order valence-electron chi connectivity index (χ1n) is 6.34. The Morgan fingerprint density at radius 1 is 1.32 bits per heavy atom. The Morgan fingerprint density at radius 2 is 1.89 bits per heavy atom. The van der Waals surface area contributed by atoms with E-state index in [1.54, 1.807) is 7.11 Å². The molecule has 0 radical (unpaired) electrons. The summed E-state index contributed by atoms with van der Waals surface area (Å²) in [6, 6.07) is 7.49. The molecule has 0 aliphatic carbocycles. The average Bonchev–Trinajstić information content (AvgIpc) is 2.37. The van der Waals surface area contributed by atoms with Gasteiger partial charge in [0.2, 0.25) is 0 Å². The van der Waals surface area contributed by atoms with Crippen molar-refractivity contribution in [2.45, 2.75) is 32.2 Å². The van der Waals surface area contributed by atoms with Gasteiger partial charge in [-0.15, -0.1) is 11.6 Å². The van der Waals surface area contributed by atoms with Crippen molar-refractivity contribution in [2.75, 3.05) is 19.6 Å². The highest BCUT2D eigenvalue weighted by atomic mass is 35.5. The number of hydrogen-bond acceptors (Lipinski definition) is 2. The Bertz CT molecular complexity index is 409. The van der Waals surface area contributed by atoms with Gasteiger partial charge in [-0.05, 0) is 23.1 Å². The molecule has 19 heavy (non-hydrogen) atoms. The van der Waals surface area contributed by atoms with Crippen LogP contribution >= 0.6 is 11.6 Å². The predicted molar refractivity (Wildman–Crippen MR) is 79.0 cm³/mol. The van der Waals surface area contributed by atoms with Crippen LogP contribution in [0.2, 0.25) is 0 Å². The zero-order chi connectivity index (χ0) is 14.5. The van der Waals surface area contributed by atoms with Crippen molar-refractivity contribution in [3.05, 3.63) is 35.4 Å². The summed E-state index contributed by atoms with van der Waals surface area (Å²) in [6.45, 7) is 6.84. The molecular formula is C15H22ClNO2. The summed E-state index contributed by atoms with van der Waals surface area (Å²) >= 11 is 5.77. The number of hydrogen-bond donors (Lipinski definition) is 1. The third kappa shape index (κ3) is 4.84. The zero-order valence-electron chi connectivity index (χ0n) is 12.0. The summed E-state index contributed by atoms with van der Waals surface area (Å²) < 4.78 is 5.00. The minimum absolute atomic E-state index is 0.0870. The van der Waals surface area contributed by atoms with E-state index in [9.17, 15) is 4.79 Å². The van der Waals surface area contributed by atoms with Gasteiger partial charge in [-0.25, -0.2) is 0 Å². The molecule has 0 saturated heterocycles. The second kappa shape index (κ2) is 6.92. The van der Waals surface area contributed by atoms with Gasteiger partial charge in [0, 0.05) is 18.6 Å². The normalized spacial score (nSPS) is 13.1. The van der Waals surface area contributed by atoms with E-state index in [1.165, 1.54) is 5.56 Å². The van der Waals surface area contributed by atoms with Crippen LogP contribution in [0, 0.1) is 0 Å². The number of benzene rings is 1. The minimum Gasteiger partial charge on any atom is -0.383 e. The van der Waals surface area contributed by atoms with Crippen molar-refractivity contribution in [1.82, 2.24) is 5.32 Å². The largest absolute Gasteiger partial charge is 0.383 e. The van der Waals surface area contributed by atoms with Crippen LogP contribution in [0.1, 0.15) is 36.7 Å². The van der Waals surface area contributed by atoms with Gasteiger partial charge >= 0.3 is 0 Å². The lowest BCUT2D eigenvalue weighted by atomic mass is 9.86. The van der Waals surface area contributed by atoms with E-state index in [1.807, 2.05) is 24.3 Å². The Morgan fingerprint density at radius 3 is 2.32 bits per heavy atom. The van der Waals surface area contributed by atoms with E-state index < -0.39 is 0 Å². The van der Waals surface area contributed by atoms with Gasteiger partial charge in [0.05, 0.1) is 12.6 Å². The number of alkyl halides is 1. The molecule has 1 amide bonds. The van der Waals surface area contributed by atoms with E-state index in [4.69, 9.17) is 16.3 Å². The first-order valence-corrected chi connectivity index (χ1v) is 6.88. The van der Waals surface area contributed by atoms with Gasteiger partial charge in [0.25, 0.3) is 5.91 Å². The molecular weight excluding hydrogens is 262 g/mol. The summed E-state index contributed by atoms with van der Waals surface area (Å²) in [4.78, 5) is 12.0. The van der Waals surface area contributed by atoms with E-state index in [0.29, 0.717) is 18.1 Å². The van der Waals surface area contributed by atoms with Crippen LogP contribution in [0.15, 0.2) is 24.3 Å². The molecule has 4 heteroatoms. The van der Waals surface area contributed by atoms with Crippen LogP contribution in [-0.4, -0.2) is 31.5 Å². The molecule has 0 aromatic heterocycles. The monoisotopic (exact) mass is 283 g/mol. The Kier molecular flexibility index (Phi) is 5.83. The van der Waals surface area contributed by atoms with Crippen LogP contribution in [0.3, 0.4) is 0 Å². The molecule has 3 nitrogen and oxygen atoms in total.